The van der Waals surface area contributed by atoms with Gasteiger partial charge in [-0.2, -0.15) is 0 Å². The molecule has 1 unspecified atom stereocenters. The van der Waals surface area contributed by atoms with Crippen molar-refractivity contribution < 1.29 is 13.2 Å². The molecule has 0 N–H and O–H groups in total. The molecule has 6 nitrogen and oxygen atoms in total. The molecule has 2 aromatic rings. The molecule has 0 bridgehead atoms. The van der Waals surface area contributed by atoms with E-state index < -0.39 is 9.84 Å². The van der Waals surface area contributed by atoms with Crippen molar-refractivity contribution in [1.29, 1.82) is 0 Å². The highest BCUT2D eigenvalue weighted by Gasteiger charge is 2.35. The summed E-state index contributed by atoms with van der Waals surface area (Å²) >= 11 is 1.44. The van der Waals surface area contributed by atoms with Crippen LogP contribution in [-0.4, -0.2) is 73.8 Å². The van der Waals surface area contributed by atoms with Crippen molar-refractivity contribution in [2.45, 2.75) is 25.8 Å². The number of aryl methyl sites for hydroxylation is 1. The average molecular weight is 422 g/mol. The van der Waals surface area contributed by atoms with Crippen LogP contribution in [0.3, 0.4) is 0 Å². The summed E-state index contributed by atoms with van der Waals surface area (Å²) in [7, 11) is 0.912. The van der Waals surface area contributed by atoms with Crippen LogP contribution in [0.1, 0.15) is 28.9 Å². The van der Waals surface area contributed by atoms with Crippen molar-refractivity contribution in [3.63, 3.8) is 0 Å². The lowest BCUT2D eigenvalue weighted by Crippen LogP contribution is -2.42. The number of sulfone groups is 1. The van der Waals surface area contributed by atoms with Gasteiger partial charge in [-0.05, 0) is 40.4 Å². The van der Waals surface area contributed by atoms with E-state index in [1.165, 1.54) is 16.9 Å². The maximum absolute atomic E-state index is 13.2. The molecule has 1 aromatic carbocycles. The number of amides is 1. The first-order valence-corrected chi connectivity index (χ1v) is 12.1. The number of aromatic nitrogens is 1. The molecule has 28 heavy (non-hydrogen) atoms. The van der Waals surface area contributed by atoms with Crippen LogP contribution in [-0.2, 0) is 9.84 Å². The number of hydrogen-bond donors (Lipinski definition) is 0. The molecule has 152 valence electrons. The minimum Gasteiger partial charge on any atom is -0.333 e. The topological polar surface area (TPSA) is 70.6 Å². The van der Waals surface area contributed by atoms with Gasteiger partial charge in [-0.25, -0.2) is 13.4 Å². The van der Waals surface area contributed by atoms with Gasteiger partial charge < -0.3 is 9.80 Å². The average Bonchev–Trinajstić information content (AvgIpc) is 3.25. The van der Waals surface area contributed by atoms with E-state index in [0.29, 0.717) is 18.7 Å². The Labute approximate surface area is 171 Å². The van der Waals surface area contributed by atoms with Gasteiger partial charge in [0.1, 0.15) is 10.7 Å². The molecule has 1 aliphatic heterocycles. The minimum absolute atomic E-state index is 0.0513. The molecule has 0 radical (unpaired) electrons. The first-order valence-electron chi connectivity index (χ1n) is 9.44. The highest BCUT2D eigenvalue weighted by Crippen LogP contribution is 2.26. The van der Waals surface area contributed by atoms with Crippen molar-refractivity contribution in [1.82, 2.24) is 14.8 Å². The summed E-state index contributed by atoms with van der Waals surface area (Å²) in [5.74, 6) is 0.0340. The summed E-state index contributed by atoms with van der Waals surface area (Å²) in [5.41, 5.74) is 2.55. The highest BCUT2D eigenvalue weighted by atomic mass is 32.2. The molecule has 0 spiro atoms. The zero-order chi connectivity index (χ0) is 20.3. The zero-order valence-electron chi connectivity index (χ0n) is 16.6. The number of carbonyl (C=O) groups is 1. The van der Waals surface area contributed by atoms with Crippen molar-refractivity contribution in [3.05, 3.63) is 40.9 Å². The number of hydrogen-bond acceptors (Lipinski definition) is 6. The van der Waals surface area contributed by atoms with Crippen molar-refractivity contribution in [3.8, 4) is 10.6 Å². The normalized spacial score (nSPS) is 18.5. The molecule has 1 fully saturated rings. The highest BCUT2D eigenvalue weighted by molar-refractivity contribution is 7.91. The van der Waals surface area contributed by atoms with Crippen LogP contribution in [0.25, 0.3) is 10.6 Å². The van der Waals surface area contributed by atoms with Gasteiger partial charge in [0.25, 0.3) is 5.91 Å². The Morgan fingerprint density at radius 3 is 2.54 bits per heavy atom. The summed E-state index contributed by atoms with van der Waals surface area (Å²) in [5, 5.41) is 2.58. The Hall–Kier alpha value is -1.77. The van der Waals surface area contributed by atoms with Crippen LogP contribution in [0.5, 0.6) is 0 Å². The van der Waals surface area contributed by atoms with Crippen molar-refractivity contribution in [2.24, 2.45) is 0 Å². The Kier molecular flexibility index (Phi) is 6.52. The Morgan fingerprint density at radius 2 is 1.93 bits per heavy atom. The number of nitrogens with zero attached hydrogens (tertiary/aromatic N) is 3. The lowest BCUT2D eigenvalue weighted by atomic mass is 10.1. The maximum Gasteiger partial charge on any atom is 0.273 e. The summed E-state index contributed by atoms with van der Waals surface area (Å²) in [6.45, 7) is 3.41. The fourth-order valence-electron chi connectivity index (χ4n) is 3.38. The fourth-order valence-corrected chi connectivity index (χ4v) is 5.91. The molecule has 1 amide bonds. The number of carbonyl (C=O) groups excluding carboxylic acids is 1. The van der Waals surface area contributed by atoms with Gasteiger partial charge in [-0.1, -0.05) is 29.8 Å². The first kappa shape index (κ1) is 21.0. The largest absolute Gasteiger partial charge is 0.333 e. The minimum atomic E-state index is -3.06. The van der Waals surface area contributed by atoms with Gasteiger partial charge in [-0.3, -0.25) is 4.79 Å². The van der Waals surface area contributed by atoms with Gasteiger partial charge in [-0.15, -0.1) is 11.3 Å². The number of thiazole rings is 1. The van der Waals surface area contributed by atoms with Crippen LogP contribution in [0.4, 0.5) is 0 Å². The monoisotopic (exact) mass is 421 g/mol. The van der Waals surface area contributed by atoms with E-state index in [9.17, 15) is 13.2 Å². The smallest absolute Gasteiger partial charge is 0.273 e. The van der Waals surface area contributed by atoms with E-state index in [0.717, 1.165) is 23.5 Å². The fraction of sp³-hybridized carbons (Fsp3) is 0.500. The Bertz CT molecular complexity index is 920. The molecule has 0 saturated carbocycles. The third-order valence-electron chi connectivity index (χ3n) is 4.94. The van der Waals surface area contributed by atoms with Gasteiger partial charge in [0.15, 0.2) is 9.84 Å². The second kappa shape index (κ2) is 8.71. The first-order chi connectivity index (χ1) is 13.2. The summed E-state index contributed by atoms with van der Waals surface area (Å²) in [6.07, 6.45) is 1.30. The molecule has 1 atom stereocenters. The van der Waals surface area contributed by atoms with E-state index in [1.54, 1.807) is 10.3 Å². The molecule has 0 aliphatic carbocycles. The summed E-state index contributed by atoms with van der Waals surface area (Å²) < 4.78 is 23.9. The molecule has 2 heterocycles. The predicted octanol–water partition coefficient (Wildman–Crippen LogP) is 2.70. The van der Waals surface area contributed by atoms with E-state index in [1.807, 2.05) is 45.3 Å². The number of benzene rings is 1. The van der Waals surface area contributed by atoms with Gasteiger partial charge in [0, 0.05) is 23.5 Å². The van der Waals surface area contributed by atoms with Crippen LogP contribution in [0.2, 0.25) is 0 Å². The van der Waals surface area contributed by atoms with Crippen LogP contribution < -0.4 is 0 Å². The van der Waals surface area contributed by atoms with Gasteiger partial charge in [0.2, 0.25) is 0 Å². The predicted molar refractivity (Wildman–Crippen MR) is 114 cm³/mol. The lowest BCUT2D eigenvalue weighted by Gasteiger charge is -2.28. The maximum atomic E-state index is 13.2. The SMILES string of the molecule is Cc1ccc(-c2nc(C(=O)N(CCCN(C)C)C3CCS(=O)(=O)C3)cs2)cc1. The van der Waals surface area contributed by atoms with E-state index in [-0.39, 0.29) is 23.5 Å². The van der Waals surface area contributed by atoms with Crippen LogP contribution >= 0.6 is 11.3 Å². The third kappa shape index (κ3) is 5.18. The van der Waals surface area contributed by atoms with Crippen molar-refractivity contribution in [2.75, 3.05) is 38.7 Å². The van der Waals surface area contributed by atoms with E-state index in [4.69, 9.17) is 0 Å². The number of rotatable bonds is 7. The molecule has 1 aliphatic rings. The molecule has 8 heteroatoms. The van der Waals surface area contributed by atoms with Crippen LogP contribution in [0, 0.1) is 6.92 Å². The molecular weight excluding hydrogens is 394 g/mol. The molecule has 1 aromatic heterocycles. The summed E-state index contributed by atoms with van der Waals surface area (Å²) in [6, 6.07) is 7.79. The standard InChI is InChI=1S/C20H27N3O3S2/c1-15-5-7-16(8-6-15)19-21-18(13-27-19)20(24)23(11-4-10-22(2)3)17-9-12-28(25,26)14-17/h5-8,13,17H,4,9-12,14H2,1-3H3. The second-order valence-corrected chi connectivity index (χ2v) is 10.7. The molecule has 3 rings (SSSR count). The summed E-state index contributed by atoms with van der Waals surface area (Å²) in [4.78, 5) is 21.5. The Balaban J connectivity index is 1.79. The van der Waals surface area contributed by atoms with Gasteiger partial charge in [0.05, 0.1) is 11.5 Å². The van der Waals surface area contributed by atoms with E-state index >= 15 is 0 Å². The third-order valence-corrected chi connectivity index (χ3v) is 7.58. The van der Waals surface area contributed by atoms with Crippen LogP contribution in [0.15, 0.2) is 29.6 Å². The van der Waals surface area contributed by atoms with Gasteiger partial charge >= 0.3 is 0 Å². The zero-order valence-corrected chi connectivity index (χ0v) is 18.2. The Morgan fingerprint density at radius 1 is 1.21 bits per heavy atom. The quantitative estimate of drug-likeness (QED) is 0.687. The lowest BCUT2D eigenvalue weighted by molar-refractivity contribution is 0.0685. The molecule has 1 saturated heterocycles. The van der Waals surface area contributed by atoms with Crippen molar-refractivity contribution >= 4 is 27.1 Å². The molecular formula is C20H27N3O3S2. The van der Waals surface area contributed by atoms with E-state index in [2.05, 4.69) is 9.88 Å². The second-order valence-electron chi connectivity index (χ2n) is 7.62.